The molecule has 0 amide bonds. The van der Waals surface area contributed by atoms with E-state index >= 15 is 0 Å². The summed E-state index contributed by atoms with van der Waals surface area (Å²) in [6.07, 6.45) is 8.15. The molecule has 0 heterocycles. The first-order valence-corrected chi connectivity index (χ1v) is 8.01. The fourth-order valence-corrected chi connectivity index (χ4v) is 1.73. The summed E-state index contributed by atoms with van der Waals surface area (Å²) in [6, 6.07) is 0. The molecular formula is C15H29BrO2. The minimum absolute atomic E-state index is 0.119. The molecule has 0 aromatic rings. The normalized spacial score (nSPS) is 11.6. The van der Waals surface area contributed by atoms with Crippen LogP contribution in [0.15, 0.2) is 12.7 Å². The summed E-state index contributed by atoms with van der Waals surface area (Å²) in [7, 11) is 0. The van der Waals surface area contributed by atoms with Gasteiger partial charge in [-0.3, -0.25) is 4.79 Å². The predicted molar refractivity (Wildman–Crippen MR) is 83.3 cm³/mol. The zero-order chi connectivity index (χ0) is 14.4. The molecule has 1 N–H and O–H groups in total. The van der Waals surface area contributed by atoms with Crippen LogP contribution < -0.4 is 0 Å². The minimum atomic E-state index is -0.616. The van der Waals surface area contributed by atoms with Crippen LogP contribution in [0.4, 0.5) is 0 Å². The highest BCUT2D eigenvalue weighted by molar-refractivity contribution is 9.09. The Labute approximate surface area is 121 Å². The molecule has 0 fully saturated rings. The molecule has 0 unspecified atom stereocenters. The van der Waals surface area contributed by atoms with E-state index in [9.17, 15) is 4.79 Å². The first-order valence-electron chi connectivity index (χ1n) is 6.89. The summed E-state index contributed by atoms with van der Waals surface area (Å²) in [6.45, 7) is 9.77. The lowest BCUT2D eigenvalue weighted by molar-refractivity contribution is -0.142. The topological polar surface area (TPSA) is 37.3 Å². The SMILES string of the molecule is C=CCBr.CCCCCC[C@@H](CC(C)C)C(=O)O. The molecule has 0 saturated heterocycles. The summed E-state index contributed by atoms with van der Waals surface area (Å²) in [5, 5.41) is 9.87. The van der Waals surface area contributed by atoms with Crippen LogP contribution in [0.1, 0.15) is 59.3 Å². The van der Waals surface area contributed by atoms with E-state index in [1.807, 2.05) is 0 Å². The average Bonchev–Trinajstić information content (AvgIpc) is 2.32. The van der Waals surface area contributed by atoms with Gasteiger partial charge in [0, 0.05) is 5.33 Å². The van der Waals surface area contributed by atoms with Crippen LogP contribution in [0.25, 0.3) is 0 Å². The highest BCUT2D eigenvalue weighted by atomic mass is 79.9. The van der Waals surface area contributed by atoms with Crippen molar-refractivity contribution in [2.45, 2.75) is 59.3 Å². The van der Waals surface area contributed by atoms with Gasteiger partial charge in [-0.1, -0.05) is 68.5 Å². The second-order valence-electron chi connectivity index (χ2n) is 4.96. The summed E-state index contributed by atoms with van der Waals surface area (Å²) in [5.41, 5.74) is 0. The average molecular weight is 321 g/mol. The lowest BCUT2D eigenvalue weighted by Crippen LogP contribution is -2.15. The number of alkyl halides is 1. The van der Waals surface area contributed by atoms with Crippen LogP contribution in [0.3, 0.4) is 0 Å². The number of rotatable bonds is 9. The van der Waals surface area contributed by atoms with Gasteiger partial charge >= 0.3 is 5.97 Å². The van der Waals surface area contributed by atoms with E-state index in [1.165, 1.54) is 19.3 Å². The van der Waals surface area contributed by atoms with Crippen LogP contribution >= 0.6 is 15.9 Å². The standard InChI is InChI=1S/C12H24O2.C3H5Br/c1-4-5-6-7-8-11(12(13)14)9-10(2)3;1-2-3-4/h10-11H,4-9H2,1-3H3,(H,13,14);2H,1,3H2/t11-;/m0./s1. The second kappa shape index (κ2) is 14.7. The predicted octanol–water partition coefficient (Wildman–Crippen LogP) is 5.27. The van der Waals surface area contributed by atoms with Crippen molar-refractivity contribution in [2.75, 3.05) is 5.33 Å². The quantitative estimate of drug-likeness (QED) is 0.357. The first kappa shape index (κ1) is 20.0. The van der Waals surface area contributed by atoms with Crippen molar-refractivity contribution in [3.05, 3.63) is 12.7 Å². The molecule has 0 radical (unpaired) electrons. The summed E-state index contributed by atoms with van der Waals surface area (Å²) in [5.74, 6) is -0.246. The van der Waals surface area contributed by atoms with Gasteiger partial charge in [0.15, 0.2) is 0 Å². The summed E-state index contributed by atoms with van der Waals surface area (Å²) >= 11 is 3.13. The fourth-order valence-electron chi connectivity index (χ4n) is 1.73. The monoisotopic (exact) mass is 320 g/mol. The molecule has 0 aliphatic rings. The van der Waals surface area contributed by atoms with E-state index in [0.717, 1.165) is 24.6 Å². The Hall–Kier alpha value is -0.310. The van der Waals surface area contributed by atoms with Crippen molar-refractivity contribution < 1.29 is 9.90 Å². The maximum atomic E-state index is 10.9. The Bertz CT molecular complexity index is 203. The van der Waals surface area contributed by atoms with Crippen molar-refractivity contribution in [1.29, 1.82) is 0 Å². The van der Waals surface area contributed by atoms with Gasteiger partial charge in [0.05, 0.1) is 5.92 Å². The van der Waals surface area contributed by atoms with Gasteiger partial charge in [0.2, 0.25) is 0 Å². The third-order valence-corrected chi connectivity index (χ3v) is 3.08. The third-order valence-electron chi connectivity index (χ3n) is 2.62. The Kier molecular flexibility index (Phi) is 16.4. The Balaban J connectivity index is 0. The highest BCUT2D eigenvalue weighted by Gasteiger charge is 2.17. The van der Waals surface area contributed by atoms with Crippen molar-refractivity contribution in [2.24, 2.45) is 11.8 Å². The third kappa shape index (κ3) is 15.7. The molecule has 3 heteroatoms. The number of carboxylic acid groups (broad SMARTS) is 1. The van der Waals surface area contributed by atoms with Crippen molar-refractivity contribution >= 4 is 21.9 Å². The minimum Gasteiger partial charge on any atom is -0.481 e. The van der Waals surface area contributed by atoms with Crippen molar-refractivity contribution in [3.63, 3.8) is 0 Å². The molecular weight excluding hydrogens is 292 g/mol. The van der Waals surface area contributed by atoms with E-state index < -0.39 is 5.97 Å². The summed E-state index contributed by atoms with van der Waals surface area (Å²) < 4.78 is 0. The highest BCUT2D eigenvalue weighted by Crippen LogP contribution is 2.19. The number of halogens is 1. The molecule has 2 nitrogen and oxygen atoms in total. The number of carboxylic acids is 1. The molecule has 0 saturated carbocycles. The molecule has 0 aliphatic carbocycles. The van der Waals surface area contributed by atoms with Crippen molar-refractivity contribution in [1.82, 2.24) is 0 Å². The second-order valence-corrected chi connectivity index (χ2v) is 5.60. The largest absolute Gasteiger partial charge is 0.481 e. The van der Waals surface area contributed by atoms with Crippen LogP contribution in [-0.4, -0.2) is 16.4 Å². The number of unbranched alkanes of at least 4 members (excludes halogenated alkanes) is 3. The maximum absolute atomic E-state index is 10.9. The Morgan fingerprint density at radius 3 is 2.22 bits per heavy atom. The molecule has 18 heavy (non-hydrogen) atoms. The van der Waals surface area contributed by atoms with Crippen LogP contribution in [0, 0.1) is 11.8 Å². The van der Waals surface area contributed by atoms with Crippen molar-refractivity contribution in [3.8, 4) is 0 Å². The maximum Gasteiger partial charge on any atom is 0.306 e. The number of aliphatic carboxylic acids is 1. The molecule has 108 valence electrons. The molecule has 0 bridgehead atoms. The van der Waals surface area contributed by atoms with Gasteiger partial charge in [-0.05, 0) is 18.8 Å². The molecule has 0 rings (SSSR count). The molecule has 0 aromatic heterocycles. The molecule has 0 aromatic carbocycles. The van der Waals surface area contributed by atoms with E-state index in [-0.39, 0.29) is 5.92 Å². The van der Waals surface area contributed by atoms with Crippen LogP contribution in [-0.2, 0) is 4.79 Å². The zero-order valence-corrected chi connectivity index (χ0v) is 13.7. The van der Waals surface area contributed by atoms with E-state index in [0.29, 0.717) is 5.92 Å². The molecule has 1 atom stereocenters. The van der Waals surface area contributed by atoms with E-state index in [1.54, 1.807) is 6.08 Å². The number of allylic oxidation sites excluding steroid dienone is 1. The Morgan fingerprint density at radius 2 is 1.89 bits per heavy atom. The van der Waals surface area contributed by atoms with E-state index in [2.05, 4.69) is 43.3 Å². The van der Waals surface area contributed by atoms with Gasteiger partial charge in [-0.25, -0.2) is 0 Å². The Morgan fingerprint density at radius 1 is 1.33 bits per heavy atom. The lowest BCUT2D eigenvalue weighted by atomic mass is 9.92. The number of hydrogen-bond donors (Lipinski definition) is 1. The first-order chi connectivity index (χ1) is 8.49. The van der Waals surface area contributed by atoms with Gasteiger partial charge in [-0.2, -0.15) is 0 Å². The van der Waals surface area contributed by atoms with Gasteiger partial charge in [0.1, 0.15) is 0 Å². The smallest absolute Gasteiger partial charge is 0.306 e. The van der Waals surface area contributed by atoms with Crippen LogP contribution in [0.5, 0.6) is 0 Å². The number of carbonyl (C=O) groups is 1. The van der Waals surface area contributed by atoms with Gasteiger partial charge in [0.25, 0.3) is 0 Å². The lowest BCUT2D eigenvalue weighted by Gasteiger charge is -2.14. The van der Waals surface area contributed by atoms with Crippen LogP contribution in [0.2, 0.25) is 0 Å². The summed E-state index contributed by atoms with van der Waals surface area (Å²) in [4.78, 5) is 10.9. The molecule has 0 spiro atoms. The van der Waals surface area contributed by atoms with Gasteiger partial charge in [-0.15, -0.1) is 6.58 Å². The van der Waals surface area contributed by atoms with Gasteiger partial charge < -0.3 is 5.11 Å². The van der Waals surface area contributed by atoms with E-state index in [4.69, 9.17) is 5.11 Å². The zero-order valence-electron chi connectivity index (χ0n) is 12.1. The molecule has 0 aliphatic heterocycles. The number of hydrogen-bond acceptors (Lipinski definition) is 1. The fraction of sp³-hybridized carbons (Fsp3) is 0.800.